The van der Waals surface area contributed by atoms with E-state index in [0.29, 0.717) is 18.6 Å². The third kappa shape index (κ3) is 2.78. The van der Waals surface area contributed by atoms with Crippen LogP contribution in [0.25, 0.3) is 0 Å². The molecule has 3 atom stereocenters. The lowest BCUT2D eigenvalue weighted by atomic mass is 9.76. The van der Waals surface area contributed by atoms with E-state index in [0.717, 1.165) is 0 Å². The highest BCUT2D eigenvalue weighted by Crippen LogP contribution is 2.49. The monoisotopic (exact) mass is 356 g/mol. The van der Waals surface area contributed by atoms with Crippen molar-refractivity contribution in [3.05, 3.63) is 29.8 Å². The van der Waals surface area contributed by atoms with Gasteiger partial charge in [-0.05, 0) is 49.4 Å². The summed E-state index contributed by atoms with van der Waals surface area (Å²) in [5.41, 5.74) is -3.08. The van der Waals surface area contributed by atoms with Crippen LogP contribution in [-0.4, -0.2) is 40.7 Å². The highest BCUT2D eigenvalue weighted by Gasteiger charge is 2.68. The van der Waals surface area contributed by atoms with Crippen LogP contribution in [0.3, 0.4) is 0 Å². The van der Waals surface area contributed by atoms with Gasteiger partial charge >= 0.3 is 6.18 Å². The average molecular weight is 356 g/mol. The smallest absolute Gasteiger partial charge is 0.439 e. The second-order valence-electron chi connectivity index (χ2n) is 6.59. The predicted octanol–water partition coefficient (Wildman–Crippen LogP) is 3.19. The molecule has 0 aromatic heterocycles. The van der Waals surface area contributed by atoms with E-state index in [1.165, 1.54) is 31.4 Å². The van der Waals surface area contributed by atoms with Crippen LogP contribution >= 0.6 is 0 Å². The molecule has 1 saturated carbocycles. The number of benzene rings is 1. The van der Waals surface area contributed by atoms with Gasteiger partial charge in [0.05, 0.1) is 13.0 Å². The maximum atomic E-state index is 13.8. The Hall–Kier alpha value is -2.09. The molecule has 1 amide bonds. The molecule has 1 aliphatic heterocycles. The summed E-state index contributed by atoms with van der Waals surface area (Å²) in [7, 11) is 1.44. The molecule has 3 rings (SSSR count). The minimum atomic E-state index is -5.01. The molecule has 1 aromatic rings. The molecule has 0 spiro atoms. The van der Waals surface area contributed by atoms with Crippen molar-refractivity contribution in [2.75, 3.05) is 7.11 Å². The number of rotatable bonds is 2. The molecule has 0 saturated heterocycles. The van der Waals surface area contributed by atoms with Gasteiger partial charge in [0.2, 0.25) is 0 Å². The van der Waals surface area contributed by atoms with Gasteiger partial charge < -0.3 is 9.84 Å². The molecule has 1 aromatic carbocycles. The van der Waals surface area contributed by atoms with Crippen molar-refractivity contribution in [3.63, 3.8) is 0 Å². The number of hydrazone groups is 1. The van der Waals surface area contributed by atoms with Crippen molar-refractivity contribution < 1.29 is 27.8 Å². The molecule has 0 bridgehead atoms. The number of hydrogen-bond donors (Lipinski definition) is 1. The lowest BCUT2D eigenvalue weighted by Gasteiger charge is -2.39. The second kappa shape index (κ2) is 6.01. The van der Waals surface area contributed by atoms with Gasteiger partial charge in [0, 0.05) is 11.3 Å². The highest BCUT2D eigenvalue weighted by atomic mass is 19.4. The Balaban J connectivity index is 2.00. The predicted molar refractivity (Wildman–Crippen MR) is 84.1 cm³/mol. The summed E-state index contributed by atoms with van der Waals surface area (Å²) in [6.07, 6.45) is -3.84. The van der Waals surface area contributed by atoms with Gasteiger partial charge in [0.1, 0.15) is 5.75 Å². The van der Waals surface area contributed by atoms with Gasteiger partial charge in [0.15, 0.2) is 0 Å². The number of methoxy groups -OCH3 is 1. The van der Waals surface area contributed by atoms with Crippen molar-refractivity contribution in [2.45, 2.75) is 38.1 Å². The number of carbonyl (C=O) groups excluding carboxylic acids is 1. The van der Waals surface area contributed by atoms with Crippen LogP contribution in [0.1, 0.15) is 36.5 Å². The van der Waals surface area contributed by atoms with Crippen LogP contribution in [0.2, 0.25) is 0 Å². The minimum absolute atomic E-state index is 0.000444. The number of nitrogens with zero attached hydrogens (tertiary/aromatic N) is 2. The van der Waals surface area contributed by atoms with E-state index in [1.54, 1.807) is 0 Å². The van der Waals surface area contributed by atoms with E-state index < -0.39 is 23.7 Å². The van der Waals surface area contributed by atoms with Crippen LogP contribution in [0, 0.1) is 11.8 Å². The standard InChI is InChI=1S/C17H19F3N2O3/c1-10-3-8-14-13(9-10)16(24,17(18,19)20)22(21-14)15(23)11-4-6-12(25-2)7-5-11/h4-7,10,13,24H,3,8-9H2,1-2H3/t10-,13+,16-/m0/s1. The molecule has 1 aliphatic carbocycles. The van der Waals surface area contributed by atoms with Gasteiger partial charge in [-0.3, -0.25) is 4.79 Å². The first-order valence-electron chi connectivity index (χ1n) is 8.03. The van der Waals surface area contributed by atoms with E-state index in [1.807, 2.05) is 6.92 Å². The SMILES string of the molecule is COc1ccc(C(=O)N2N=C3CC[C@H](C)C[C@H]3[C@]2(O)C(F)(F)F)cc1. The molecular formula is C17H19F3N2O3. The first-order valence-corrected chi connectivity index (χ1v) is 8.03. The first-order chi connectivity index (χ1) is 11.7. The zero-order chi connectivity index (χ0) is 18.4. The Morgan fingerprint density at radius 2 is 2.00 bits per heavy atom. The summed E-state index contributed by atoms with van der Waals surface area (Å²) in [5.74, 6) is -1.72. The fourth-order valence-corrected chi connectivity index (χ4v) is 3.47. The van der Waals surface area contributed by atoms with Crippen LogP contribution < -0.4 is 4.74 Å². The molecule has 136 valence electrons. The lowest BCUT2D eigenvalue weighted by molar-refractivity contribution is -0.313. The van der Waals surface area contributed by atoms with Gasteiger partial charge in [-0.2, -0.15) is 23.3 Å². The Bertz CT molecular complexity index is 702. The van der Waals surface area contributed by atoms with E-state index in [4.69, 9.17) is 4.74 Å². The quantitative estimate of drug-likeness (QED) is 0.885. The topological polar surface area (TPSA) is 62.1 Å². The first kappa shape index (κ1) is 17.7. The second-order valence-corrected chi connectivity index (χ2v) is 6.59. The maximum Gasteiger partial charge on any atom is 0.439 e. The fourth-order valence-electron chi connectivity index (χ4n) is 3.47. The number of amides is 1. The van der Waals surface area contributed by atoms with Gasteiger partial charge in [-0.15, -0.1) is 0 Å². The molecule has 1 N–H and O–H groups in total. The third-order valence-electron chi connectivity index (χ3n) is 4.92. The summed E-state index contributed by atoms with van der Waals surface area (Å²) >= 11 is 0. The summed E-state index contributed by atoms with van der Waals surface area (Å²) in [6, 6.07) is 5.64. The maximum absolute atomic E-state index is 13.8. The van der Waals surface area contributed by atoms with Crippen LogP contribution in [-0.2, 0) is 0 Å². The van der Waals surface area contributed by atoms with Gasteiger partial charge in [0.25, 0.3) is 11.6 Å². The molecular weight excluding hydrogens is 337 g/mol. The van der Waals surface area contributed by atoms with Gasteiger partial charge in [-0.25, -0.2) is 0 Å². The number of alkyl halides is 3. The normalized spacial score (nSPS) is 29.2. The van der Waals surface area contributed by atoms with Crippen LogP contribution in [0.5, 0.6) is 5.75 Å². The molecule has 0 radical (unpaired) electrons. The number of ether oxygens (including phenoxy) is 1. The number of carbonyl (C=O) groups is 1. The van der Waals surface area contributed by atoms with E-state index >= 15 is 0 Å². The van der Waals surface area contributed by atoms with Crippen molar-refractivity contribution in [2.24, 2.45) is 16.9 Å². The Kier molecular flexibility index (Phi) is 4.26. The summed E-state index contributed by atoms with van der Waals surface area (Å²) in [4.78, 5) is 12.7. The zero-order valence-electron chi connectivity index (χ0n) is 13.9. The van der Waals surface area contributed by atoms with Crippen molar-refractivity contribution in [1.29, 1.82) is 0 Å². The number of hydrogen-bond acceptors (Lipinski definition) is 4. The summed E-state index contributed by atoms with van der Waals surface area (Å²) in [5, 5.41) is 14.7. The van der Waals surface area contributed by atoms with E-state index in [9.17, 15) is 23.1 Å². The highest BCUT2D eigenvalue weighted by molar-refractivity contribution is 5.99. The van der Waals surface area contributed by atoms with Crippen molar-refractivity contribution in [3.8, 4) is 5.75 Å². The molecule has 1 fully saturated rings. The number of aliphatic hydroxyl groups is 1. The van der Waals surface area contributed by atoms with E-state index in [2.05, 4.69) is 5.10 Å². The molecule has 8 heteroatoms. The average Bonchev–Trinajstić information content (AvgIpc) is 2.88. The third-order valence-corrected chi connectivity index (χ3v) is 4.92. The number of halogens is 3. The van der Waals surface area contributed by atoms with E-state index in [-0.39, 0.29) is 28.6 Å². The van der Waals surface area contributed by atoms with Crippen molar-refractivity contribution >= 4 is 11.6 Å². The van der Waals surface area contributed by atoms with Crippen LogP contribution in [0.15, 0.2) is 29.4 Å². The molecule has 2 aliphatic rings. The minimum Gasteiger partial charge on any atom is -0.497 e. The fraction of sp³-hybridized carbons (Fsp3) is 0.529. The molecule has 1 heterocycles. The largest absolute Gasteiger partial charge is 0.497 e. The molecule has 0 unspecified atom stereocenters. The lowest BCUT2D eigenvalue weighted by Crippen LogP contribution is -2.61. The Morgan fingerprint density at radius 3 is 2.56 bits per heavy atom. The van der Waals surface area contributed by atoms with Crippen molar-refractivity contribution in [1.82, 2.24) is 5.01 Å². The molecule has 5 nitrogen and oxygen atoms in total. The molecule has 25 heavy (non-hydrogen) atoms. The Labute approximate surface area is 143 Å². The zero-order valence-corrected chi connectivity index (χ0v) is 13.9. The van der Waals surface area contributed by atoms with Gasteiger partial charge in [-0.1, -0.05) is 6.92 Å². The summed E-state index contributed by atoms with van der Waals surface area (Å²) in [6.45, 7) is 1.83. The Morgan fingerprint density at radius 1 is 1.36 bits per heavy atom. The van der Waals surface area contributed by atoms with Crippen LogP contribution in [0.4, 0.5) is 13.2 Å². The number of fused-ring (bicyclic) bond motifs is 1. The summed E-state index contributed by atoms with van der Waals surface area (Å²) < 4.78 is 46.2.